The third-order valence-corrected chi connectivity index (χ3v) is 23.5. The first-order valence-corrected chi connectivity index (χ1v) is 37.2. The van der Waals surface area contributed by atoms with Crippen LogP contribution < -0.4 is 31.3 Å². The molecule has 0 unspecified atom stereocenters. The molecule has 10 aromatic carbocycles. The van der Waals surface area contributed by atoms with Gasteiger partial charge in [-0.05, 0) is 200 Å². The number of hydrogen-bond acceptors (Lipinski definition) is 6. The SMILES string of the molecule is CN[C@@H]1C[C@@H](c2c[nH]c3cc(OC)ccc23)c2ccccc21.CN[C@@H]1C[C@@H](c2c[nH]c3ccc(C)cc23)c2ccccc21.CN[C@@H]1C[C@@H](c2c[nH]c3ccccc23)c2ccccc21.CN[C@@H]1C[C@H](c2c[nH]c3c(F)cccc23)c2ccccc21.CN[C@H]1C[C@@H](c2c[nH]c3c(F)cccc23)c2ccccc21. The van der Waals surface area contributed by atoms with E-state index in [1.54, 1.807) is 19.2 Å². The fourth-order valence-corrected chi connectivity index (χ4v) is 18.3. The minimum absolute atomic E-state index is 0.185. The number of aryl methyl sites for hydroxylation is 1. The van der Waals surface area contributed by atoms with Crippen molar-refractivity contribution in [2.75, 3.05) is 42.3 Å². The summed E-state index contributed by atoms with van der Waals surface area (Å²) in [5.41, 5.74) is 26.9. The van der Waals surface area contributed by atoms with Crippen LogP contribution in [0, 0.1) is 18.6 Å². The van der Waals surface area contributed by atoms with Crippen LogP contribution in [0.25, 0.3) is 54.5 Å². The Bertz CT molecular complexity index is 5360. The van der Waals surface area contributed by atoms with Gasteiger partial charge in [-0.25, -0.2) is 8.78 Å². The maximum atomic E-state index is 13.9. The molecule has 0 fully saturated rings. The predicted molar refractivity (Wildman–Crippen MR) is 426 cm³/mol. The maximum Gasteiger partial charge on any atom is 0.147 e. The van der Waals surface area contributed by atoms with Gasteiger partial charge in [-0.15, -0.1) is 0 Å². The van der Waals surface area contributed by atoms with Crippen molar-refractivity contribution in [3.8, 4) is 5.75 Å². The predicted octanol–water partition coefficient (Wildman–Crippen LogP) is 20.4. The van der Waals surface area contributed by atoms with Crippen LogP contribution in [-0.4, -0.2) is 67.3 Å². The van der Waals surface area contributed by atoms with Crippen LogP contribution in [0.4, 0.5) is 8.78 Å². The van der Waals surface area contributed by atoms with Gasteiger partial charge in [0.15, 0.2) is 0 Å². The van der Waals surface area contributed by atoms with Gasteiger partial charge in [-0.2, -0.15) is 0 Å². The monoisotopic (exact) mass is 1390 g/mol. The molecule has 0 amide bonds. The summed E-state index contributed by atoms with van der Waals surface area (Å²) in [4.78, 5) is 16.5. The van der Waals surface area contributed by atoms with Crippen molar-refractivity contribution in [2.45, 2.75) is 98.8 Å². The summed E-state index contributed by atoms with van der Waals surface area (Å²) in [7, 11) is 11.9. The fourth-order valence-electron chi connectivity index (χ4n) is 18.3. The number of nitrogens with one attached hydrogen (secondary N) is 10. The van der Waals surface area contributed by atoms with E-state index in [-0.39, 0.29) is 11.6 Å². The van der Waals surface area contributed by atoms with E-state index in [0.29, 0.717) is 70.8 Å². The van der Waals surface area contributed by atoms with E-state index in [1.165, 1.54) is 128 Å². The van der Waals surface area contributed by atoms with Gasteiger partial charge in [-0.3, -0.25) is 0 Å². The van der Waals surface area contributed by atoms with Crippen molar-refractivity contribution in [1.82, 2.24) is 51.5 Å². The molecule has 5 aliphatic carbocycles. The lowest BCUT2D eigenvalue weighted by atomic mass is 9.92. The Hall–Kier alpha value is -10.6. The third-order valence-electron chi connectivity index (χ3n) is 23.5. The summed E-state index contributed by atoms with van der Waals surface area (Å²) in [6, 6.07) is 77.7. The fraction of sp³-hybridized carbons (Fsp3) is 0.239. The van der Waals surface area contributed by atoms with Gasteiger partial charge in [0, 0.05) is 140 Å². The number of halogens is 2. The molecule has 10 atom stereocenters. The highest BCUT2D eigenvalue weighted by Crippen LogP contribution is 2.51. The second kappa shape index (κ2) is 29.8. The summed E-state index contributed by atoms with van der Waals surface area (Å²) in [6.07, 6.45) is 15.9. The lowest BCUT2D eigenvalue weighted by Crippen LogP contribution is -2.13. The quantitative estimate of drug-likeness (QED) is 0.0624. The van der Waals surface area contributed by atoms with Crippen molar-refractivity contribution in [3.05, 3.63) is 350 Å². The van der Waals surface area contributed by atoms with Crippen LogP contribution in [0.3, 0.4) is 0 Å². The van der Waals surface area contributed by atoms with Crippen molar-refractivity contribution >= 4 is 54.5 Å². The Morgan fingerprint density at radius 2 is 0.590 bits per heavy atom. The molecule has 10 N–H and O–H groups in total. The highest BCUT2D eigenvalue weighted by Gasteiger charge is 2.37. The molecule has 0 aliphatic heterocycles. The van der Waals surface area contributed by atoms with Gasteiger partial charge >= 0.3 is 0 Å². The highest BCUT2D eigenvalue weighted by molar-refractivity contribution is 5.89. The molecule has 0 spiro atoms. The van der Waals surface area contributed by atoms with E-state index >= 15 is 0 Å². The van der Waals surface area contributed by atoms with Gasteiger partial charge in [0.05, 0.1) is 18.1 Å². The number of hydrogen-bond donors (Lipinski definition) is 10. The lowest BCUT2D eigenvalue weighted by molar-refractivity contribution is 0.415. The normalized spacial score (nSPS) is 20.8. The Balaban J connectivity index is 0.000000101. The number of H-pyrrole nitrogens is 5. The molecule has 13 heteroatoms. The second-order valence-electron chi connectivity index (χ2n) is 28.8. The van der Waals surface area contributed by atoms with Crippen molar-refractivity contribution < 1.29 is 13.5 Å². The van der Waals surface area contributed by atoms with Gasteiger partial charge in [-0.1, -0.05) is 175 Å². The molecule has 105 heavy (non-hydrogen) atoms. The number of benzene rings is 10. The Morgan fingerprint density at radius 3 is 0.971 bits per heavy atom. The zero-order chi connectivity index (χ0) is 71.8. The van der Waals surface area contributed by atoms with Crippen molar-refractivity contribution in [2.24, 2.45) is 0 Å². The summed E-state index contributed by atoms with van der Waals surface area (Å²) < 4.78 is 33.1. The Morgan fingerprint density at radius 1 is 0.286 bits per heavy atom. The summed E-state index contributed by atoms with van der Waals surface area (Å²) in [6.45, 7) is 2.16. The average Bonchev–Trinajstić information content (AvgIpc) is 1.52. The van der Waals surface area contributed by atoms with E-state index in [4.69, 9.17) is 4.74 Å². The van der Waals surface area contributed by atoms with E-state index in [9.17, 15) is 8.78 Å². The van der Waals surface area contributed by atoms with Crippen LogP contribution in [0.15, 0.2) is 249 Å². The third kappa shape index (κ3) is 12.8. The molecule has 0 saturated carbocycles. The topological polar surface area (TPSA) is 148 Å². The molecule has 530 valence electrons. The van der Waals surface area contributed by atoms with Crippen LogP contribution in [0.5, 0.6) is 5.75 Å². The highest BCUT2D eigenvalue weighted by atomic mass is 19.1. The van der Waals surface area contributed by atoms with Crippen LogP contribution in [0.1, 0.15) is 181 Å². The number of aromatic amines is 5. The summed E-state index contributed by atoms with van der Waals surface area (Å²) in [5.74, 6) is 2.56. The largest absolute Gasteiger partial charge is 0.497 e. The summed E-state index contributed by atoms with van der Waals surface area (Å²) >= 11 is 0. The number of para-hydroxylation sites is 3. The Kier molecular flexibility index (Phi) is 19.5. The maximum absolute atomic E-state index is 13.9. The first-order valence-electron chi connectivity index (χ1n) is 37.2. The van der Waals surface area contributed by atoms with Gasteiger partial charge in [0.25, 0.3) is 0 Å². The van der Waals surface area contributed by atoms with E-state index in [1.807, 2.05) is 51.7 Å². The molecule has 11 nitrogen and oxygen atoms in total. The minimum Gasteiger partial charge on any atom is -0.497 e. The standard InChI is InChI=1S/C19H20N2O.C19H20N2.2C18H17FN2.C18H18N2/c1-20-18-10-16(13-5-3-4-6-14(13)18)17-11-21-19-9-12(22-2)7-8-15(17)19;1-12-7-8-18-16(9-12)17(11-21-18)15-10-19(20-2)14-6-4-3-5-13(14)15;2*1-20-17-9-14(11-5-2-3-6-12(11)17)15-10-21-18-13(15)7-4-8-16(18)19;1-19-18-10-15(12-6-2-3-7-13(12)18)16-11-20-17-9-5-4-8-14(16)17/h3-9,11,16,18,20-21H,10H2,1-2H3;3-9,11,15,19-21H,10H2,1-2H3;2*2-8,10,14,17,20-21H,9H2,1H3;2-9,11,15,18-20H,10H2,1H3/t16-,18-;15-,19-;2*14-,17+;15-,18-/m11101/s1. The van der Waals surface area contributed by atoms with Crippen LogP contribution in [0.2, 0.25) is 0 Å². The van der Waals surface area contributed by atoms with Gasteiger partial charge in [0.1, 0.15) is 17.4 Å². The zero-order valence-electron chi connectivity index (χ0n) is 60.6. The van der Waals surface area contributed by atoms with Crippen molar-refractivity contribution in [1.29, 1.82) is 0 Å². The number of ether oxygens (including phenoxy) is 1. The number of fused-ring (bicyclic) bond motifs is 10. The molecule has 5 aliphatic rings. The molecule has 0 radical (unpaired) electrons. The van der Waals surface area contributed by atoms with Gasteiger partial charge in [0.2, 0.25) is 0 Å². The number of rotatable bonds is 11. The average molecular weight is 1390 g/mol. The minimum atomic E-state index is -0.185. The lowest BCUT2D eigenvalue weighted by Gasteiger charge is -2.11. The van der Waals surface area contributed by atoms with E-state index < -0.39 is 0 Å². The zero-order valence-corrected chi connectivity index (χ0v) is 60.6. The molecule has 20 rings (SSSR count). The van der Waals surface area contributed by atoms with E-state index in [2.05, 4.69) is 267 Å². The number of methoxy groups -OCH3 is 1. The van der Waals surface area contributed by atoms with Gasteiger partial charge < -0.3 is 56.2 Å². The molecular weight excluding hydrogens is 1300 g/mol. The molecular formula is C92H92F2N10O. The number of aromatic nitrogens is 5. The molecule has 5 heterocycles. The second-order valence-corrected chi connectivity index (χ2v) is 28.8. The Labute approximate surface area is 613 Å². The first-order chi connectivity index (χ1) is 51.6. The summed E-state index contributed by atoms with van der Waals surface area (Å²) in [5, 5.41) is 23.1. The van der Waals surface area contributed by atoms with Crippen molar-refractivity contribution in [3.63, 3.8) is 0 Å². The van der Waals surface area contributed by atoms with Crippen LogP contribution in [-0.2, 0) is 0 Å². The molecule has 15 aromatic rings. The van der Waals surface area contributed by atoms with Crippen LogP contribution >= 0.6 is 0 Å². The molecule has 5 aromatic heterocycles. The molecule has 0 saturated heterocycles. The molecule has 0 bridgehead atoms. The first kappa shape index (κ1) is 68.8. The van der Waals surface area contributed by atoms with E-state index in [0.717, 1.165) is 54.1 Å². The smallest absolute Gasteiger partial charge is 0.147 e.